The first-order valence-corrected chi connectivity index (χ1v) is 11.0. The van der Waals surface area contributed by atoms with Gasteiger partial charge in [-0.2, -0.15) is 5.10 Å². The Kier molecular flexibility index (Phi) is 6.39. The highest BCUT2D eigenvalue weighted by molar-refractivity contribution is 5.92. The van der Waals surface area contributed by atoms with Gasteiger partial charge in [0.1, 0.15) is 11.4 Å². The zero-order chi connectivity index (χ0) is 22.7. The smallest absolute Gasteiger partial charge is 0.274 e. The van der Waals surface area contributed by atoms with E-state index in [2.05, 4.69) is 10.1 Å². The maximum absolute atomic E-state index is 13.4. The van der Waals surface area contributed by atoms with Crippen molar-refractivity contribution in [1.82, 2.24) is 24.6 Å². The van der Waals surface area contributed by atoms with Crippen LogP contribution >= 0.6 is 0 Å². The third-order valence-electron chi connectivity index (χ3n) is 5.87. The zero-order valence-electron chi connectivity index (χ0n) is 19.2. The number of piperidine rings is 1. The molecule has 32 heavy (non-hydrogen) atoms. The number of aromatic nitrogens is 4. The highest BCUT2D eigenvalue weighted by Crippen LogP contribution is 2.37. The van der Waals surface area contributed by atoms with Gasteiger partial charge in [0.25, 0.3) is 5.91 Å². The second-order valence-corrected chi connectivity index (χ2v) is 8.16. The standard InChI is InChI=1S/C24H30N6O2/c1-5-29-15-13-20(27-29)23(31)30-14-7-6-8-21(30)22-19(16-25-24(26-22)28(2)3)17-9-11-18(32-4)12-10-17/h9-13,15-16,21H,5-8,14H2,1-4H3. The van der Waals surface area contributed by atoms with Gasteiger partial charge in [-0.3, -0.25) is 9.48 Å². The Morgan fingerprint density at radius 3 is 2.62 bits per heavy atom. The van der Waals surface area contributed by atoms with Crippen molar-refractivity contribution in [1.29, 1.82) is 0 Å². The van der Waals surface area contributed by atoms with Gasteiger partial charge in [0.2, 0.25) is 5.95 Å². The summed E-state index contributed by atoms with van der Waals surface area (Å²) >= 11 is 0. The summed E-state index contributed by atoms with van der Waals surface area (Å²) in [5.74, 6) is 1.38. The first-order valence-electron chi connectivity index (χ1n) is 11.0. The van der Waals surface area contributed by atoms with Crippen molar-refractivity contribution in [3.63, 3.8) is 0 Å². The number of ether oxygens (including phenoxy) is 1. The molecule has 8 heteroatoms. The molecule has 0 bridgehead atoms. The third kappa shape index (κ3) is 4.30. The largest absolute Gasteiger partial charge is 0.497 e. The highest BCUT2D eigenvalue weighted by Gasteiger charge is 2.33. The van der Waals surface area contributed by atoms with Crippen LogP contribution in [0.3, 0.4) is 0 Å². The van der Waals surface area contributed by atoms with Crippen LogP contribution in [0, 0.1) is 0 Å². The lowest BCUT2D eigenvalue weighted by molar-refractivity contribution is 0.0599. The number of methoxy groups -OCH3 is 1. The van der Waals surface area contributed by atoms with E-state index in [-0.39, 0.29) is 11.9 Å². The lowest BCUT2D eigenvalue weighted by Gasteiger charge is -2.36. The number of benzene rings is 1. The fraction of sp³-hybridized carbons (Fsp3) is 0.417. The fourth-order valence-electron chi connectivity index (χ4n) is 4.11. The summed E-state index contributed by atoms with van der Waals surface area (Å²) in [4.78, 5) is 26.7. The van der Waals surface area contributed by atoms with Crippen LogP contribution in [0.1, 0.15) is 48.4 Å². The van der Waals surface area contributed by atoms with E-state index >= 15 is 0 Å². The summed E-state index contributed by atoms with van der Waals surface area (Å²) in [7, 11) is 5.50. The van der Waals surface area contributed by atoms with E-state index in [1.807, 2.05) is 67.5 Å². The van der Waals surface area contributed by atoms with Crippen molar-refractivity contribution in [2.45, 2.75) is 38.8 Å². The van der Waals surface area contributed by atoms with Crippen LogP contribution in [0.25, 0.3) is 11.1 Å². The maximum atomic E-state index is 13.4. The zero-order valence-corrected chi connectivity index (χ0v) is 19.2. The molecule has 0 spiro atoms. The number of hydrogen-bond donors (Lipinski definition) is 0. The van der Waals surface area contributed by atoms with Gasteiger partial charge in [-0.05, 0) is 49.9 Å². The fourth-order valence-corrected chi connectivity index (χ4v) is 4.11. The summed E-state index contributed by atoms with van der Waals surface area (Å²) in [5.41, 5.74) is 3.28. The van der Waals surface area contributed by atoms with E-state index in [1.165, 1.54) is 0 Å². The molecule has 1 aliphatic rings. The molecule has 1 fully saturated rings. The number of aryl methyl sites for hydroxylation is 1. The summed E-state index contributed by atoms with van der Waals surface area (Å²) in [6, 6.07) is 9.54. The monoisotopic (exact) mass is 434 g/mol. The molecule has 1 aliphatic heterocycles. The molecule has 3 heterocycles. The number of anilines is 1. The highest BCUT2D eigenvalue weighted by atomic mass is 16.5. The summed E-state index contributed by atoms with van der Waals surface area (Å²) < 4.78 is 7.09. The first-order chi connectivity index (χ1) is 15.5. The van der Waals surface area contributed by atoms with Crippen molar-refractivity contribution in [3.8, 4) is 16.9 Å². The normalized spacial score (nSPS) is 16.1. The quantitative estimate of drug-likeness (QED) is 0.587. The number of carbonyl (C=O) groups excluding carboxylic acids is 1. The molecule has 0 aliphatic carbocycles. The van der Waals surface area contributed by atoms with Crippen LogP contribution in [0.15, 0.2) is 42.7 Å². The molecule has 0 saturated carbocycles. The van der Waals surface area contributed by atoms with Crippen molar-refractivity contribution >= 4 is 11.9 Å². The Bertz CT molecular complexity index is 1080. The second-order valence-electron chi connectivity index (χ2n) is 8.16. The molecular weight excluding hydrogens is 404 g/mol. The first kappa shape index (κ1) is 21.8. The van der Waals surface area contributed by atoms with Crippen LogP contribution in [-0.2, 0) is 6.54 Å². The van der Waals surface area contributed by atoms with E-state index in [9.17, 15) is 4.79 Å². The predicted octanol–water partition coefficient (Wildman–Crippen LogP) is 3.80. The van der Waals surface area contributed by atoms with E-state index in [4.69, 9.17) is 9.72 Å². The van der Waals surface area contributed by atoms with Gasteiger partial charge < -0.3 is 14.5 Å². The van der Waals surface area contributed by atoms with E-state index in [0.717, 1.165) is 48.4 Å². The lowest BCUT2D eigenvalue weighted by Crippen LogP contribution is -2.39. The summed E-state index contributed by atoms with van der Waals surface area (Å²) in [6.45, 7) is 3.43. The molecule has 1 saturated heterocycles. The molecule has 4 rings (SSSR count). The second kappa shape index (κ2) is 9.38. The van der Waals surface area contributed by atoms with Crippen molar-refractivity contribution < 1.29 is 9.53 Å². The number of amides is 1. The van der Waals surface area contributed by atoms with Crippen LogP contribution in [0.2, 0.25) is 0 Å². The number of carbonyl (C=O) groups is 1. The van der Waals surface area contributed by atoms with Gasteiger partial charge in [0.05, 0.1) is 18.8 Å². The molecule has 3 aromatic rings. The van der Waals surface area contributed by atoms with Crippen LogP contribution in [0.5, 0.6) is 5.75 Å². The summed E-state index contributed by atoms with van der Waals surface area (Å²) in [6.07, 6.45) is 6.58. The third-order valence-corrected chi connectivity index (χ3v) is 5.87. The minimum Gasteiger partial charge on any atom is -0.497 e. The van der Waals surface area contributed by atoms with Crippen LogP contribution in [-0.4, -0.2) is 58.3 Å². The van der Waals surface area contributed by atoms with Gasteiger partial charge in [0.15, 0.2) is 0 Å². The average Bonchev–Trinajstić information content (AvgIpc) is 3.33. The molecule has 1 amide bonds. The number of hydrogen-bond acceptors (Lipinski definition) is 6. The lowest BCUT2D eigenvalue weighted by atomic mass is 9.93. The molecule has 8 nitrogen and oxygen atoms in total. The average molecular weight is 435 g/mol. The molecule has 1 unspecified atom stereocenters. The summed E-state index contributed by atoms with van der Waals surface area (Å²) in [5, 5.41) is 4.45. The van der Waals surface area contributed by atoms with Crippen molar-refractivity contribution in [2.24, 2.45) is 0 Å². The molecule has 2 aromatic heterocycles. The predicted molar refractivity (Wildman–Crippen MR) is 124 cm³/mol. The van der Waals surface area contributed by atoms with Gasteiger partial charge in [-0.15, -0.1) is 0 Å². The van der Waals surface area contributed by atoms with Crippen LogP contribution in [0.4, 0.5) is 5.95 Å². The molecule has 0 N–H and O–H groups in total. The maximum Gasteiger partial charge on any atom is 0.274 e. The minimum atomic E-state index is -0.137. The van der Waals surface area contributed by atoms with Crippen LogP contribution < -0.4 is 9.64 Å². The number of nitrogens with zero attached hydrogens (tertiary/aromatic N) is 6. The topological polar surface area (TPSA) is 76.4 Å². The molecular formula is C24H30N6O2. The number of likely N-dealkylation sites (tertiary alicyclic amines) is 1. The SMILES string of the molecule is CCn1ccc(C(=O)N2CCCCC2c2nc(N(C)C)ncc2-c2ccc(OC)cc2)n1. The van der Waals surface area contributed by atoms with Gasteiger partial charge >= 0.3 is 0 Å². The Balaban J connectivity index is 1.77. The van der Waals surface area contributed by atoms with Gasteiger partial charge in [0, 0.05) is 45.1 Å². The Labute approximate surface area is 188 Å². The number of rotatable bonds is 6. The Morgan fingerprint density at radius 2 is 1.97 bits per heavy atom. The molecule has 168 valence electrons. The molecule has 1 aromatic carbocycles. The Morgan fingerprint density at radius 1 is 1.19 bits per heavy atom. The van der Waals surface area contributed by atoms with Crippen molar-refractivity contribution in [3.05, 3.63) is 54.1 Å². The minimum absolute atomic E-state index is 0.0485. The van der Waals surface area contributed by atoms with Gasteiger partial charge in [-0.1, -0.05) is 12.1 Å². The van der Waals surface area contributed by atoms with Crippen molar-refractivity contribution in [2.75, 3.05) is 32.6 Å². The van der Waals surface area contributed by atoms with E-state index < -0.39 is 0 Å². The van der Waals surface area contributed by atoms with Gasteiger partial charge in [-0.25, -0.2) is 9.97 Å². The molecule has 0 radical (unpaired) electrons. The van der Waals surface area contributed by atoms with E-state index in [1.54, 1.807) is 17.9 Å². The Hall–Kier alpha value is -3.42. The van der Waals surface area contributed by atoms with E-state index in [0.29, 0.717) is 18.2 Å². The molecule has 1 atom stereocenters.